The minimum atomic E-state index is -3.83. The van der Waals surface area contributed by atoms with E-state index in [1.54, 1.807) is 12.1 Å². The van der Waals surface area contributed by atoms with Crippen molar-refractivity contribution in [3.05, 3.63) is 95.1 Å². The van der Waals surface area contributed by atoms with Gasteiger partial charge in [-0.2, -0.15) is 13.1 Å². The Labute approximate surface area is 211 Å². The van der Waals surface area contributed by atoms with E-state index in [1.807, 2.05) is 40.7 Å². The van der Waals surface area contributed by atoms with Gasteiger partial charge in [0.15, 0.2) is 4.90 Å². The van der Waals surface area contributed by atoms with E-state index in [0.717, 1.165) is 42.1 Å². The van der Waals surface area contributed by atoms with E-state index in [2.05, 4.69) is 40.8 Å². The zero-order valence-electron chi connectivity index (χ0n) is 20.0. The van der Waals surface area contributed by atoms with Crippen molar-refractivity contribution in [1.82, 2.24) is 13.9 Å². The number of hydrogen-bond donors (Lipinski definition) is 1. The summed E-state index contributed by atoms with van der Waals surface area (Å²) in [6, 6.07) is 23.6. The Hall–Kier alpha value is -2.40. The molecule has 0 aliphatic carbocycles. The van der Waals surface area contributed by atoms with Crippen molar-refractivity contribution in [1.29, 1.82) is 0 Å². The first-order valence-corrected chi connectivity index (χ1v) is 14.1. The highest BCUT2D eigenvalue weighted by atomic mass is 32.2. The molecule has 1 aliphatic heterocycles. The highest BCUT2D eigenvalue weighted by Crippen LogP contribution is 2.28. The van der Waals surface area contributed by atoms with Crippen molar-refractivity contribution in [3.63, 3.8) is 0 Å². The second kappa shape index (κ2) is 11.6. The fraction of sp³-hybridized carbons (Fsp3) is 0.308. The van der Waals surface area contributed by atoms with Gasteiger partial charge in [0, 0.05) is 26.7 Å². The maximum Gasteiger partial charge on any atom is 0.382 e. The Balaban J connectivity index is 1.39. The van der Waals surface area contributed by atoms with Crippen LogP contribution in [0.2, 0.25) is 0 Å². The van der Waals surface area contributed by atoms with Gasteiger partial charge in [0.25, 0.3) is 0 Å². The fourth-order valence-electron chi connectivity index (χ4n) is 4.11. The average molecular weight is 514 g/mol. The van der Waals surface area contributed by atoms with E-state index < -0.39 is 21.7 Å². The first kappa shape index (κ1) is 25.7. The van der Waals surface area contributed by atoms with E-state index in [4.69, 9.17) is 4.18 Å². The smallest absolute Gasteiger partial charge is 0.382 e. The van der Waals surface area contributed by atoms with Crippen LogP contribution in [0.3, 0.4) is 0 Å². The zero-order valence-corrected chi connectivity index (χ0v) is 21.6. The Morgan fingerprint density at radius 3 is 2.34 bits per heavy atom. The first-order valence-electron chi connectivity index (χ1n) is 11.6. The molecule has 1 unspecified atom stereocenters. The standard InChI is InChI=1S/C26H31N3O4S2/c1-3-28(18-21-7-5-4-6-8-21)19-22-9-13-26(14-10-22)34(30)29-16-15-23-11-12-25(17-24(23)20-29)33-35(31,32)27-2/h4-14,17,27H,3,15-16,18-20H2,1-2H3. The molecule has 0 bridgehead atoms. The fourth-order valence-corrected chi connectivity index (χ4v) is 5.73. The van der Waals surface area contributed by atoms with E-state index in [1.165, 1.54) is 18.2 Å². The molecule has 0 amide bonds. The molecule has 1 heterocycles. The van der Waals surface area contributed by atoms with Gasteiger partial charge in [-0.3, -0.25) is 4.90 Å². The van der Waals surface area contributed by atoms with E-state index in [9.17, 15) is 13.0 Å². The molecular weight excluding hydrogens is 482 g/mol. The summed E-state index contributed by atoms with van der Waals surface area (Å²) >= 11 is -1.31. The molecule has 186 valence electrons. The highest BCUT2D eigenvalue weighted by molar-refractivity contribution is 7.89. The van der Waals surface area contributed by atoms with Crippen molar-refractivity contribution in [2.75, 3.05) is 20.1 Å². The number of benzene rings is 3. The summed E-state index contributed by atoms with van der Waals surface area (Å²) in [5.74, 6) is 0.242. The normalized spacial score (nSPS) is 15.1. The van der Waals surface area contributed by atoms with Crippen LogP contribution in [0.5, 0.6) is 5.75 Å². The number of nitrogens with zero attached hydrogens (tertiary/aromatic N) is 2. The lowest BCUT2D eigenvalue weighted by atomic mass is 10.0. The molecule has 35 heavy (non-hydrogen) atoms. The Morgan fingerprint density at radius 2 is 1.69 bits per heavy atom. The van der Waals surface area contributed by atoms with Crippen LogP contribution in [0.1, 0.15) is 29.2 Å². The molecule has 0 saturated heterocycles. The Kier molecular flexibility index (Phi) is 8.48. The summed E-state index contributed by atoms with van der Waals surface area (Å²) in [6.07, 6.45) is 0.739. The van der Waals surface area contributed by atoms with Crippen LogP contribution >= 0.6 is 0 Å². The summed E-state index contributed by atoms with van der Waals surface area (Å²) < 4.78 is 45.8. The van der Waals surface area contributed by atoms with Gasteiger partial charge in [-0.25, -0.2) is 0 Å². The SMILES string of the molecule is CCN(Cc1ccccc1)Cc1ccc([S+]([O-])N2CCc3ccc(OS(=O)(=O)NC)cc3C2)cc1. The van der Waals surface area contributed by atoms with Gasteiger partial charge in [0.1, 0.15) is 5.75 Å². The van der Waals surface area contributed by atoms with Crippen LogP contribution in [0.25, 0.3) is 0 Å². The van der Waals surface area contributed by atoms with Gasteiger partial charge in [0.05, 0.1) is 17.9 Å². The van der Waals surface area contributed by atoms with Crippen LogP contribution in [-0.4, -0.2) is 42.3 Å². The number of fused-ring (bicyclic) bond motifs is 1. The van der Waals surface area contributed by atoms with Crippen LogP contribution in [0, 0.1) is 0 Å². The molecule has 0 aromatic heterocycles. The second-order valence-electron chi connectivity index (χ2n) is 8.47. The summed E-state index contributed by atoms with van der Waals surface area (Å²) in [5, 5.41) is 0. The van der Waals surface area contributed by atoms with Gasteiger partial charge >= 0.3 is 10.3 Å². The van der Waals surface area contributed by atoms with Crippen molar-refractivity contribution in [3.8, 4) is 5.75 Å². The van der Waals surface area contributed by atoms with Crippen molar-refractivity contribution < 1.29 is 17.2 Å². The third kappa shape index (κ3) is 6.84. The quantitative estimate of drug-likeness (QED) is 0.417. The molecule has 1 atom stereocenters. The van der Waals surface area contributed by atoms with Crippen LogP contribution < -0.4 is 8.91 Å². The molecule has 0 radical (unpaired) electrons. The summed E-state index contributed by atoms with van der Waals surface area (Å²) in [4.78, 5) is 3.13. The van der Waals surface area contributed by atoms with Crippen LogP contribution in [0.15, 0.2) is 77.7 Å². The summed E-state index contributed by atoms with van der Waals surface area (Å²) in [5.41, 5.74) is 4.50. The molecule has 1 N–H and O–H groups in total. The zero-order chi connectivity index (χ0) is 24.8. The molecule has 7 nitrogen and oxygen atoms in total. The van der Waals surface area contributed by atoms with Crippen molar-refractivity contribution in [2.24, 2.45) is 0 Å². The number of nitrogens with one attached hydrogen (secondary N) is 1. The molecular formula is C26H31N3O4S2. The molecule has 0 fully saturated rings. The van der Waals surface area contributed by atoms with Gasteiger partial charge in [-0.15, -0.1) is 4.31 Å². The van der Waals surface area contributed by atoms with Crippen LogP contribution in [0.4, 0.5) is 0 Å². The van der Waals surface area contributed by atoms with Crippen LogP contribution in [-0.2, 0) is 47.7 Å². The predicted octanol–water partition coefficient (Wildman–Crippen LogP) is 3.63. The number of rotatable bonds is 10. The lowest BCUT2D eigenvalue weighted by molar-refractivity contribution is 0.271. The topological polar surface area (TPSA) is 84.9 Å². The molecule has 0 saturated carbocycles. The van der Waals surface area contributed by atoms with E-state index in [0.29, 0.717) is 13.1 Å². The van der Waals surface area contributed by atoms with Gasteiger partial charge in [-0.05, 0) is 59.5 Å². The maximum absolute atomic E-state index is 13.3. The molecule has 0 spiro atoms. The predicted molar refractivity (Wildman–Crippen MR) is 138 cm³/mol. The summed E-state index contributed by atoms with van der Waals surface area (Å²) in [7, 11) is -2.53. The molecule has 1 aliphatic rings. The lowest BCUT2D eigenvalue weighted by Gasteiger charge is -2.29. The molecule has 3 aromatic carbocycles. The van der Waals surface area contributed by atoms with Gasteiger partial charge < -0.3 is 8.74 Å². The third-order valence-electron chi connectivity index (χ3n) is 6.07. The van der Waals surface area contributed by atoms with Crippen molar-refractivity contribution >= 4 is 21.7 Å². The monoisotopic (exact) mass is 513 g/mol. The minimum absolute atomic E-state index is 0.242. The van der Waals surface area contributed by atoms with E-state index >= 15 is 0 Å². The molecule has 9 heteroatoms. The largest absolute Gasteiger partial charge is 0.593 e. The minimum Gasteiger partial charge on any atom is -0.593 e. The molecule has 4 rings (SSSR count). The maximum atomic E-state index is 13.3. The summed E-state index contributed by atoms with van der Waals surface area (Å²) in [6.45, 7) is 5.94. The number of hydrogen-bond acceptors (Lipinski definition) is 6. The first-order chi connectivity index (χ1) is 16.9. The second-order valence-corrected chi connectivity index (χ2v) is 11.4. The highest BCUT2D eigenvalue weighted by Gasteiger charge is 2.28. The molecule has 3 aromatic rings. The van der Waals surface area contributed by atoms with Gasteiger partial charge in [0.2, 0.25) is 0 Å². The van der Waals surface area contributed by atoms with E-state index in [-0.39, 0.29) is 5.75 Å². The lowest BCUT2D eigenvalue weighted by Crippen LogP contribution is -2.36. The van der Waals surface area contributed by atoms with Gasteiger partial charge in [-0.1, -0.05) is 55.5 Å². The van der Waals surface area contributed by atoms with Crippen molar-refractivity contribution in [2.45, 2.75) is 37.9 Å². The Morgan fingerprint density at radius 1 is 1.00 bits per heavy atom. The Bertz CT molecular complexity index is 1220. The third-order valence-corrected chi connectivity index (χ3v) is 8.44. The average Bonchev–Trinajstić information content (AvgIpc) is 2.88.